The number of amides is 2. The second kappa shape index (κ2) is 4.25. The van der Waals surface area contributed by atoms with Crippen LogP contribution >= 0.6 is 11.3 Å². The fourth-order valence-corrected chi connectivity index (χ4v) is 2.53. The number of guanidine groups is 1. The van der Waals surface area contributed by atoms with Crippen LogP contribution in [0, 0.1) is 13.8 Å². The fraction of sp³-hybridized carbons (Fsp3) is 0.400. The summed E-state index contributed by atoms with van der Waals surface area (Å²) in [7, 11) is 0. The van der Waals surface area contributed by atoms with Crippen molar-refractivity contribution in [2.75, 3.05) is 0 Å². The standard InChI is InChI=1S/C10H12N4O2S/c1-4-7(17-6(3)11-4)5(2)12-10-13-8(15)9(16)14-10/h5H,1-3H3,(H2,12,13,14,15,16). The van der Waals surface area contributed by atoms with E-state index in [-0.39, 0.29) is 12.0 Å². The number of nitrogens with one attached hydrogen (secondary N) is 2. The molecule has 0 aliphatic carbocycles. The van der Waals surface area contributed by atoms with E-state index in [1.54, 1.807) is 11.3 Å². The second-order valence-electron chi connectivity index (χ2n) is 3.74. The van der Waals surface area contributed by atoms with E-state index in [2.05, 4.69) is 20.6 Å². The van der Waals surface area contributed by atoms with E-state index in [1.807, 2.05) is 20.8 Å². The largest absolute Gasteiger partial charge is 0.316 e. The van der Waals surface area contributed by atoms with Gasteiger partial charge in [0, 0.05) is 0 Å². The van der Waals surface area contributed by atoms with Gasteiger partial charge in [0.05, 0.1) is 21.6 Å². The molecule has 1 aliphatic rings. The Morgan fingerprint density at radius 3 is 2.29 bits per heavy atom. The SMILES string of the molecule is Cc1nc(C)c(C(C)N=C2NC(=O)C(=O)N2)s1. The topological polar surface area (TPSA) is 83.5 Å². The molecule has 0 saturated carbocycles. The van der Waals surface area contributed by atoms with Crippen LogP contribution in [0.5, 0.6) is 0 Å². The molecule has 17 heavy (non-hydrogen) atoms. The number of hydrogen-bond donors (Lipinski definition) is 2. The van der Waals surface area contributed by atoms with Crippen molar-refractivity contribution in [3.63, 3.8) is 0 Å². The Hall–Kier alpha value is -1.76. The van der Waals surface area contributed by atoms with Crippen molar-refractivity contribution in [2.24, 2.45) is 4.99 Å². The van der Waals surface area contributed by atoms with Gasteiger partial charge in [0.2, 0.25) is 5.96 Å². The van der Waals surface area contributed by atoms with Crippen LogP contribution in [0.25, 0.3) is 0 Å². The lowest BCUT2D eigenvalue weighted by molar-refractivity contribution is -0.135. The molecular formula is C10H12N4O2S. The van der Waals surface area contributed by atoms with Crippen molar-refractivity contribution in [3.05, 3.63) is 15.6 Å². The molecule has 1 aliphatic heterocycles. The number of aliphatic imine (C=N–C) groups is 1. The molecule has 90 valence electrons. The number of rotatable bonds is 2. The van der Waals surface area contributed by atoms with E-state index < -0.39 is 11.8 Å². The summed E-state index contributed by atoms with van der Waals surface area (Å²) in [6.07, 6.45) is 0. The van der Waals surface area contributed by atoms with Crippen LogP contribution in [0.4, 0.5) is 0 Å². The Kier molecular flexibility index (Phi) is 2.93. The van der Waals surface area contributed by atoms with E-state index in [1.165, 1.54) is 0 Å². The predicted octanol–water partition coefficient (Wildman–Crippen LogP) is 0.423. The van der Waals surface area contributed by atoms with Crippen molar-refractivity contribution >= 4 is 29.1 Å². The molecule has 2 N–H and O–H groups in total. The maximum absolute atomic E-state index is 11.0. The summed E-state index contributed by atoms with van der Waals surface area (Å²) in [5.74, 6) is -1.14. The molecule has 6 nitrogen and oxygen atoms in total. The van der Waals surface area contributed by atoms with Crippen molar-refractivity contribution in [1.29, 1.82) is 0 Å². The van der Waals surface area contributed by atoms with Crippen molar-refractivity contribution < 1.29 is 9.59 Å². The fourth-order valence-electron chi connectivity index (χ4n) is 1.61. The molecule has 1 fully saturated rings. The number of carbonyl (C=O) groups is 2. The van der Waals surface area contributed by atoms with Crippen LogP contribution in [0.3, 0.4) is 0 Å². The maximum atomic E-state index is 11.0. The molecule has 1 unspecified atom stereocenters. The minimum Gasteiger partial charge on any atom is -0.288 e. The lowest BCUT2D eigenvalue weighted by Crippen LogP contribution is -2.26. The van der Waals surface area contributed by atoms with Crippen LogP contribution in [0.1, 0.15) is 28.5 Å². The highest BCUT2D eigenvalue weighted by Crippen LogP contribution is 2.26. The number of nitrogens with zero attached hydrogens (tertiary/aromatic N) is 2. The monoisotopic (exact) mass is 252 g/mol. The molecule has 2 heterocycles. The molecule has 1 saturated heterocycles. The predicted molar refractivity (Wildman–Crippen MR) is 63.7 cm³/mol. The summed E-state index contributed by atoms with van der Waals surface area (Å²) < 4.78 is 0. The third kappa shape index (κ3) is 2.33. The number of carbonyl (C=O) groups excluding carboxylic acids is 2. The number of aryl methyl sites for hydroxylation is 2. The minimum absolute atomic E-state index is 0.144. The molecule has 7 heteroatoms. The van der Waals surface area contributed by atoms with Crippen LogP contribution in [-0.2, 0) is 9.59 Å². The van der Waals surface area contributed by atoms with Crippen molar-refractivity contribution in [2.45, 2.75) is 26.8 Å². The third-order valence-electron chi connectivity index (χ3n) is 2.31. The summed E-state index contributed by atoms with van der Waals surface area (Å²) in [6.45, 7) is 5.74. The summed E-state index contributed by atoms with van der Waals surface area (Å²) in [6, 6.07) is -0.144. The first-order chi connectivity index (χ1) is 7.97. The van der Waals surface area contributed by atoms with Crippen LogP contribution in [0.2, 0.25) is 0 Å². The van der Waals surface area contributed by atoms with E-state index in [0.717, 1.165) is 15.6 Å². The lowest BCUT2D eigenvalue weighted by atomic mass is 10.2. The first-order valence-corrected chi connectivity index (χ1v) is 5.93. The molecule has 0 radical (unpaired) electrons. The van der Waals surface area contributed by atoms with Crippen molar-refractivity contribution in [3.8, 4) is 0 Å². The summed E-state index contributed by atoms with van der Waals surface area (Å²) >= 11 is 1.56. The summed E-state index contributed by atoms with van der Waals surface area (Å²) in [4.78, 5) is 31.5. The molecule has 0 aromatic carbocycles. The number of hydrogen-bond acceptors (Lipinski definition) is 5. The van der Waals surface area contributed by atoms with Gasteiger partial charge in [0.15, 0.2) is 0 Å². The molecular weight excluding hydrogens is 240 g/mol. The highest BCUT2D eigenvalue weighted by Gasteiger charge is 2.26. The molecule has 0 bridgehead atoms. The Labute approximate surface area is 102 Å². The molecule has 0 spiro atoms. The van der Waals surface area contributed by atoms with E-state index in [4.69, 9.17) is 0 Å². The zero-order valence-corrected chi connectivity index (χ0v) is 10.5. The Morgan fingerprint density at radius 1 is 1.24 bits per heavy atom. The molecule has 2 amide bonds. The highest BCUT2D eigenvalue weighted by molar-refractivity contribution is 7.11. The van der Waals surface area contributed by atoms with Gasteiger partial charge in [0.25, 0.3) is 0 Å². The zero-order chi connectivity index (χ0) is 12.6. The Morgan fingerprint density at radius 2 is 1.82 bits per heavy atom. The van der Waals surface area contributed by atoms with Gasteiger partial charge in [-0.15, -0.1) is 11.3 Å². The number of aromatic nitrogens is 1. The minimum atomic E-state index is -0.673. The molecule has 2 rings (SSSR count). The van der Waals surface area contributed by atoms with Gasteiger partial charge in [-0.1, -0.05) is 0 Å². The Bertz CT molecular complexity index is 502. The Balaban J connectivity index is 2.20. The highest BCUT2D eigenvalue weighted by atomic mass is 32.1. The first kappa shape index (κ1) is 11.7. The average molecular weight is 252 g/mol. The second-order valence-corrected chi connectivity index (χ2v) is 4.98. The van der Waals surface area contributed by atoms with Crippen LogP contribution in [0.15, 0.2) is 4.99 Å². The maximum Gasteiger partial charge on any atom is 0.316 e. The lowest BCUT2D eigenvalue weighted by Gasteiger charge is -2.05. The number of thiazole rings is 1. The molecule has 1 aromatic rings. The zero-order valence-electron chi connectivity index (χ0n) is 9.70. The average Bonchev–Trinajstić information content (AvgIpc) is 2.71. The van der Waals surface area contributed by atoms with Gasteiger partial charge < -0.3 is 0 Å². The molecule has 1 atom stereocenters. The smallest absolute Gasteiger partial charge is 0.288 e. The van der Waals surface area contributed by atoms with Gasteiger partial charge in [-0.05, 0) is 20.8 Å². The van der Waals surface area contributed by atoms with E-state index in [9.17, 15) is 9.59 Å². The van der Waals surface area contributed by atoms with E-state index >= 15 is 0 Å². The van der Waals surface area contributed by atoms with Gasteiger partial charge >= 0.3 is 11.8 Å². The normalized spacial score (nSPS) is 16.8. The van der Waals surface area contributed by atoms with Crippen LogP contribution in [-0.4, -0.2) is 22.8 Å². The van der Waals surface area contributed by atoms with Gasteiger partial charge in [0.1, 0.15) is 0 Å². The summed E-state index contributed by atoms with van der Waals surface area (Å²) in [5, 5.41) is 5.71. The first-order valence-electron chi connectivity index (χ1n) is 5.11. The van der Waals surface area contributed by atoms with Gasteiger partial charge in [-0.3, -0.25) is 20.2 Å². The van der Waals surface area contributed by atoms with Crippen LogP contribution < -0.4 is 10.6 Å². The molecule has 1 aromatic heterocycles. The van der Waals surface area contributed by atoms with Gasteiger partial charge in [-0.25, -0.2) is 9.98 Å². The van der Waals surface area contributed by atoms with Gasteiger partial charge in [-0.2, -0.15) is 0 Å². The summed E-state index contributed by atoms with van der Waals surface area (Å²) in [5.41, 5.74) is 0.931. The quantitative estimate of drug-likeness (QED) is 0.748. The van der Waals surface area contributed by atoms with Crippen molar-refractivity contribution in [1.82, 2.24) is 15.6 Å². The van der Waals surface area contributed by atoms with E-state index in [0.29, 0.717) is 0 Å². The third-order valence-corrected chi connectivity index (χ3v) is 3.55.